The number of aromatic hydroxyl groups is 2. The molecule has 13 heteroatoms. The summed E-state index contributed by atoms with van der Waals surface area (Å²) in [5.41, 5.74) is -2.46. The number of aliphatic hydroxyl groups excluding tert-OH is 2. The number of carbonyl (C=O) groups is 3. The van der Waals surface area contributed by atoms with Crippen LogP contribution >= 0.6 is 0 Å². The zero-order valence-electron chi connectivity index (χ0n) is 25.8. The van der Waals surface area contributed by atoms with Gasteiger partial charge in [0.25, 0.3) is 0 Å². The number of methoxy groups -OCH3 is 1. The molecule has 0 spiro atoms. The van der Waals surface area contributed by atoms with E-state index >= 15 is 0 Å². The monoisotopic (exact) mass is 642 g/mol. The zero-order chi connectivity index (χ0) is 33.2. The third-order valence-corrected chi connectivity index (χ3v) is 9.54. The Morgan fingerprint density at radius 1 is 0.957 bits per heavy atom. The van der Waals surface area contributed by atoms with E-state index in [0.29, 0.717) is 12.8 Å². The van der Waals surface area contributed by atoms with Gasteiger partial charge in [0, 0.05) is 36.0 Å². The van der Waals surface area contributed by atoms with Crippen LogP contribution in [0.2, 0.25) is 0 Å². The lowest BCUT2D eigenvalue weighted by atomic mass is 9.68. The molecule has 2 heterocycles. The van der Waals surface area contributed by atoms with Crippen molar-refractivity contribution in [2.75, 3.05) is 7.11 Å². The average Bonchev–Trinajstić information content (AvgIpc) is 2.98. The third kappa shape index (κ3) is 5.39. The van der Waals surface area contributed by atoms with Gasteiger partial charge in [0.15, 0.2) is 18.4 Å². The number of phenolic OH excluding ortho intramolecular Hbond substituents is 2. The minimum absolute atomic E-state index is 0.0347. The van der Waals surface area contributed by atoms with Gasteiger partial charge in [0.2, 0.25) is 5.78 Å². The number of esters is 1. The predicted molar refractivity (Wildman–Crippen MR) is 156 cm³/mol. The number of phenols is 2. The van der Waals surface area contributed by atoms with Crippen LogP contribution < -0.4 is 0 Å². The molecule has 2 aromatic carbocycles. The van der Waals surface area contributed by atoms with Crippen molar-refractivity contribution in [3.63, 3.8) is 0 Å². The van der Waals surface area contributed by atoms with Crippen molar-refractivity contribution in [3.8, 4) is 11.5 Å². The summed E-state index contributed by atoms with van der Waals surface area (Å²) in [5, 5.41) is 53.8. The molecule has 0 unspecified atom stereocenters. The molecule has 2 aliphatic carbocycles. The molecule has 4 aliphatic rings. The van der Waals surface area contributed by atoms with Crippen LogP contribution in [0.5, 0.6) is 11.5 Å². The number of carbonyl (C=O) groups excluding carboxylic acids is 3. The van der Waals surface area contributed by atoms with Crippen LogP contribution in [0, 0.1) is 0 Å². The lowest BCUT2D eigenvalue weighted by Crippen LogP contribution is -2.50. The van der Waals surface area contributed by atoms with Crippen molar-refractivity contribution in [1.82, 2.24) is 0 Å². The molecule has 46 heavy (non-hydrogen) atoms. The Bertz CT molecular complexity index is 1560. The van der Waals surface area contributed by atoms with Crippen molar-refractivity contribution in [3.05, 3.63) is 57.6 Å². The van der Waals surface area contributed by atoms with E-state index in [2.05, 4.69) is 0 Å². The molecular formula is C33H38O13. The van der Waals surface area contributed by atoms with Gasteiger partial charge in [-0.2, -0.15) is 0 Å². The van der Waals surface area contributed by atoms with Gasteiger partial charge in [0.05, 0.1) is 54.4 Å². The SMILES string of the molecule is COC(=O)[C@@H]1c2cc3c(c(O)c2[C@@H](O[C@H]2CC[C@H](O[C@H]4C[C@H](O)[C@H](O)[C@H](C)O4)[C@H](C)O2)C[C@@]1(C)O)C(=O)c1c(O)cccc1C3=O. The van der Waals surface area contributed by atoms with E-state index in [9.17, 15) is 39.9 Å². The summed E-state index contributed by atoms with van der Waals surface area (Å²) < 4.78 is 29.2. The molecule has 5 N–H and O–H groups in total. The summed E-state index contributed by atoms with van der Waals surface area (Å²) in [6.07, 6.45) is -5.56. The number of hydrogen-bond donors (Lipinski definition) is 5. The number of aliphatic hydroxyl groups is 3. The molecule has 13 nitrogen and oxygen atoms in total. The largest absolute Gasteiger partial charge is 0.507 e. The lowest BCUT2D eigenvalue weighted by Gasteiger charge is -2.44. The highest BCUT2D eigenvalue weighted by Crippen LogP contribution is 2.53. The zero-order valence-corrected chi connectivity index (χ0v) is 25.8. The fourth-order valence-electron chi connectivity index (χ4n) is 7.17. The van der Waals surface area contributed by atoms with Crippen LogP contribution in [-0.2, 0) is 28.5 Å². The van der Waals surface area contributed by atoms with Gasteiger partial charge in [-0.05, 0) is 44.9 Å². The molecule has 10 atom stereocenters. The Kier molecular flexibility index (Phi) is 8.47. The van der Waals surface area contributed by atoms with Crippen LogP contribution in [-0.4, -0.2) is 98.9 Å². The molecule has 0 radical (unpaired) electrons. The Morgan fingerprint density at radius 2 is 1.67 bits per heavy atom. The quantitative estimate of drug-likeness (QED) is 0.254. The molecule has 0 aromatic heterocycles. The molecule has 0 bridgehead atoms. The number of fused-ring (bicyclic) bond motifs is 3. The summed E-state index contributed by atoms with van der Waals surface area (Å²) >= 11 is 0. The highest BCUT2D eigenvalue weighted by molar-refractivity contribution is 6.30. The maximum Gasteiger partial charge on any atom is 0.316 e. The van der Waals surface area contributed by atoms with Crippen molar-refractivity contribution in [2.24, 2.45) is 0 Å². The first kappa shape index (κ1) is 32.5. The fraction of sp³-hybridized carbons (Fsp3) is 0.545. The molecular weight excluding hydrogens is 604 g/mol. The van der Waals surface area contributed by atoms with Gasteiger partial charge < -0.3 is 49.2 Å². The minimum atomic E-state index is -1.75. The van der Waals surface area contributed by atoms with Crippen molar-refractivity contribution >= 4 is 17.5 Å². The van der Waals surface area contributed by atoms with Gasteiger partial charge in [-0.3, -0.25) is 14.4 Å². The van der Waals surface area contributed by atoms with Crippen LogP contribution in [0.15, 0.2) is 24.3 Å². The van der Waals surface area contributed by atoms with Crippen molar-refractivity contribution in [1.29, 1.82) is 0 Å². The van der Waals surface area contributed by atoms with E-state index in [4.69, 9.17) is 23.7 Å². The van der Waals surface area contributed by atoms with Crippen LogP contribution in [0.4, 0.5) is 0 Å². The van der Waals surface area contributed by atoms with E-state index in [0.717, 1.165) is 7.11 Å². The summed E-state index contributed by atoms with van der Waals surface area (Å²) in [4.78, 5) is 40.2. The normalized spacial score (nSPS) is 35.6. The van der Waals surface area contributed by atoms with Gasteiger partial charge in [-0.15, -0.1) is 0 Å². The second-order valence-corrected chi connectivity index (χ2v) is 12.7. The Morgan fingerprint density at radius 3 is 2.35 bits per heavy atom. The van der Waals surface area contributed by atoms with Crippen molar-refractivity contribution in [2.45, 2.75) is 107 Å². The number of benzene rings is 2. The number of ether oxygens (including phenoxy) is 5. The Hall–Kier alpha value is -3.43. The maximum atomic E-state index is 13.6. The third-order valence-electron chi connectivity index (χ3n) is 9.54. The van der Waals surface area contributed by atoms with Gasteiger partial charge in [0.1, 0.15) is 23.5 Å². The Balaban J connectivity index is 1.31. The lowest BCUT2D eigenvalue weighted by molar-refractivity contribution is -0.299. The predicted octanol–water partition coefficient (Wildman–Crippen LogP) is 2.11. The summed E-state index contributed by atoms with van der Waals surface area (Å²) in [6.45, 7) is 4.85. The molecule has 6 rings (SSSR count). The van der Waals surface area contributed by atoms with Crippen LogP contribution in [0.3, 0.4) is 0 Å². The molecule has 0 saturated carbocycles. The van der Waals surface area contributed by atoms with E-state index in [-0.39, 0.29) is 46.2 Å². The summed E-state index contributed by atoms with van der Waals surface area (Å²) in [5.74, 6) is -4.55. The highest BCUT2D eigenvalue weighted by Gasteiger charge is 2.51. The summed E-state index contributed by atoms with van der Waals surface area (Å²) in [7, 11) is 1.16. The van der Waals surface area contributed by atoms with E-state index < -0.39 is 89.8 Å². The number of ketones is 2. The molecule has 2 aliphatic heterocycles. The van der Waals surface area contributed by atoms with Crippen LogP contribution in [0.1, 0.15) is 101 Å². The fourth-order valence-corrected chi connectivity index (χ4v) is 7.17. The number of hydrogen-bond acceptors (Lipinski definition) is 13. The molecule has 0 amide bonds. The second-order valence-electron chi connectivity index (χ2n) is 12.7. The maximum absolute atomic E-state index is 13.6. The first-order chi connectivity index (χ1) is 21.7. The van der Waals surface area contributed by atoms with Gasteiger partial charge in [-0.25, -0.2) is 0 Å². The first-order valence-corrected chi connectivity index (χ1v) is 15.3. The standard InChI is InChI=1S/C33H38O13/c1-13-20(45-23-11-19(35)28(36)14(2)44-23)8-9-22(43-13)46-21-12-33(3,41)27(32(40)42-4)16-10-17-26(31(39)25(16)21)30(38)24-15(29(17)37)6-5-7-18(24)34/h5-7,10,13-14,19-23,27-28,34-36,39,41H,8-9,11-12H2,1-4H3/t13-,14-,19-,20-,21-,22-,23-,27-,28+,33+/m0/s1. The minimum Gasteiger partial charge on any atom is -0.507 e. The van der Waals surface area contributed by atoms with Crippen LogP contribution in [0.25, 0.3) is 0 Å². The average molecular weight is 643 g/mol. The molecule has 2 fully saturated rings. The smallest absolute Gasteiger partial charge is 0.316 e. The van der Waals surface area contributed by atoms with Gasteiger partial charge in [-0.1, -0.05) is 12.1 Å². The summed E-state index contributed by atoms with van der Waals surface area (Å²) in [6, 6.07) is 5.39. The van der Waals surface area contributed by atoms with E-state index in [1.165, 1.54) is 31.2 Å². The van der Waals surface area contributed by atoms with Crippen molar-refractivity contribution < 1.29 is 63.6 Å². The molecule has 2 saturated heterocycles. The molecule has 248 valence electrons. The van der Waals surface area contributed by atoms with E-state index in [1.807, 2.05) is 0 Å². The molecule has 2 aromatic rings. The number of rotatable bonds is 5. The Labute approximate surface area is 264 Å². The first-order valence-electron chi connectivity index (χ1n) is 15.3. The highest BCUT2D eigenvalue weighted by atomic mass is 16.7. The second kappa shape index (κ2) is 12.0. The van der Waals surface area contributed by atoms with Gasteiger partial charge >= 0.3 is 5.97 Å². The topological polar surface area (TPSA) is 199 Å². The van der Waals surface area contributed by atoms with E-state index in [1.54, 1.807) is 13.8 Å².